The van der Waals surface area contributed by atoms with Crippen LogP contribution in [0.5, 0.6) is 0 Å². The van der Waals surface area contributed by atoms with Crippen LogP contribution in [0.15, 0.2) is 48.5 Å². The molecule has 0 saturated carbocycles. The second kappa shape index (κ2) is 7.72. The molecule has 0 heterocycles. The van der Waals surface area contributed by atoms with Crippen molar-refractivity contribution in [1.82, 2.24) is 0 Å². The van der Waals surface area contributed by atoms with Crippen molar-refractivity contribution >= 4 is 10.8 Å². The molecular weight excluding hydrogens is 352 g/mol. The normalized spacial score (nSPS) is 18.6. The smallest absolute Gasteiger partial charge is 0.141 e. The first-order chi connectivity index (χ1) is 13.6. The third-order valence-electron chi connectivity index (χ3n) is 5.97. The first kappa shape index (κ1) is 18.6. The van der Waals surface area contributed by atoms with E-state index >= 15 is 0 Å². The molecule has 0 aliphatic heterocycles. The molecule has 1 aliphatic rings. The van der Waals surface area contributed by atoms with E-state index in [0.717, 1.165) is 53.1 Å². The molecule has 28 heavy (non-hydrogen) atoms. The van der Waals surface area contributed by atoms with Gasteiger partial charge in [0, 0.05) is 6.42 Å². The van der Waals surface area contributed by atoms with Crippen LogP contribution >= 0.6 is 0 Å². The fourth-order valence-electron chi connectivity index (χ4n) is 4.36. The molecule has 0 saturated heterocycles. The van der Waals surface area contributed by atoms with Crippen molar-refractivity contribution in [2.45, 2.75) is 45.2 Å². The van der Waals surface area contributed by atoms with E-state index in [-0.39, 0.29) is 11.5 Å². The van der Waals surface area contributed by atoms with Gasteiger partial charge < -0.3 is 0 Å². The van der Waals surface area contributed by atoms with E-state index in [1.165, 1.54) is 17.7 Å². The van der Waals surface area contributed by atoms with Crippen molar-refractivity contribution in [2.75, 3.05) is 0 Å². The van der Waals surface area contributed by atoms with Crippen molar-refractivity contribution in [2.24, 2.45) is 5.92 Å². The maximum Gasteiger partial charge on any atom is 0.141 e. The number of halogens is 2. The fourth-order valence-corrected chi connectivity index (χ4v) is 4.36. The Morgan fingerprint density at radius 3 is 2.57 bits per heavy atom. The molecule has 1 nitrogen and oxygen atoms in total. The molecule has 4 rings (SSSR count). The molecule has 2 atom stereocenters. The van der Waals surface area contributed by atoms with Crippen LogP contribution in [0, 0.1) is 23.1 Å². The summed E-state index contributed by atoms with van der Waals surface area (Å²) in [6.07, 6.45) is 3.65. The van der Waals surface area contributed by atoms with Crippen molar-refractivity contribution in [3.63, 3.8) is 0 Å². The average Bonchev–Trinajstić information content (AvgIpc) is 2.71. The Balaban J connectivity index is 1.70. The number of rotatable bonds is 4. The van der Waals surface area contributed by atoms with Crippen LogP contribution in [0.1, 0.15) is 42.9 Å². The first-order valence-corrected chi connectivity index (χ1v) is 9.99. The topological polar surface area (TPSA) is 23.8 Å². The SMILES string of the molecule is CCCC[C@@H]1Cc2ccc3cc(-c4ccc(C#N)c(F)c4)ccc3c2C[C@H]1F. The van der Waals surface area contributed by atoms with Gasteiger partial charge in [0.15, 0.2) is 0 Å². The highest BCUT2D eigenvalue weighted by Gasteiger charge is 2.28. The predicted molar refractivity (Wildman–Crippen MR) is 109 cm³/mol. The quantitative estimate of drug-likeness (QED) is 0.494. The van der Waals surface area contributed by atoms with Gasteiger partial charge in [0.25, 0.3) is 0 Å². The van der Waals surface area contributed by atoms with Gasteiger partial charge in [-0.2, -0.15) is 5.26 Å². The third-order valence-corrected chi connectivity index (χ3v) is 5.97. The molecule has 3 aromatic carbocycles. The van der Waals surface area contributed by atoms with Crippen LogP contribution in [-0.2, 0) is 12.8 Å². The lowest BCUT2D eigenvalue weighted by Gasteiger charge is -2.29. The lowest BCUT2D eigenvalue weighted by molar-refractivity contribution is 0.200. The number of alkyl halides is 1. The lowest BCUT2D eigenvalue weighted by Crippen LogP contribution is -2.27. The van der Waals surface area contributed by atoms with Gasteiger partial charge >= 0.3 is 0 Å². The first-order valence-electron chi connectivity index (χ1n) is 9.99. The van der Waals surface area contributed by atoms with Crippen molar-refractivity contribution < 1.29 is 8.78 Å². The maximum absolute atomic E-state index is 14.8. The van der Waals surface area contributed by atoms with Crippen LogP contribution in [-0.4, -0.2) is 6.17 Å². The maximum atomic E-state index is 14.8. The third kappa shape index (κ3) is 3.40. The Morgan fingerprint density at radius 2 is 1.82 bits per heavy atom. The van der Waals surface area contributed by atoms with Gasteiger partial charge in [-0.25, -0.2) is 8.78 Å². The Hall–Kier alpha value is -2.73. The number of nitrogens with zero attached hydrogens (tertiary/aromatic N) is 1. The van der Waals surface area contributed by atoms with E-state index in [1.807, 2.05) is 24.3 Å². The van der Waals surface area contributed by atoms with Gasteiger partial charge in [-0.05, 0) is 70.0 Å². The zero-order valence-corrected chi connectivity index (χ0v) is 16.0. The van der Waals surface area contributed by atoms with Crippen LogP contribution < -0.4 is 0 Å². The molecule has 0 fully saturated rings. The van der Waals surface area contributed by atoms with Gasteiger partial charge in [0.2, 0.25) is 0 Å². The van der Waals surface area contributed by atoms with Gasteiger partial charge in [-0.15, -0.1) is 0 Å². The molecule has 1 aliphatic carbocycles. The fraction of sp³-hybridized carbons (Fsp3) is 0.320. The summed E-state index contributed by atoms with van der Waals surface area (Å²) in [5.41, 5.74) is 4.06. The summed E-state index contributed by atoms with van der Waals surface area (Å²) in [5.74, 6) is -0.380. The minimum atomic E-state index is -0.781. The molecule has 142 valence electrons. The number of hydrogen-bond acceptors (Lipinski definition) is 1. The minimum Gasteiger partial charge on any atom is -0.247 e. The van der Waals surface area contributed by atoms with E-state index in [2.05, 4.69) is 19.1 Å². The van der Waals surface area contributed by atoms with E-state index in [9.17, 15) is 8.78 Å². The van der Waals surface area contributed by atoms with Gasteiger partial charge in [-0.3, -0.25) is 0 Å². The van der Waals surface area contributed by atoms with Crippen molar-refractivity contribution in [1.29, 1.82) is 5.26 Å². The van der Waals surface area contributed by atoms with Gasteiger partial charge in [-0.1, -0.05) is 50.1 Å². The zero-order valence-electron chi connectivity index (χ0n) is 16.0. The largest absolute Gasteiger partial charge is 0.247 e. The Kier molecular flexibility index (Phi) is 5.13. The number of nitriles is 1. The molecule has 0 radical (unpaired) electrons. The molecule has 0 aromatic heterocycles. The summed E-state index contributed by atoms with van der Waals surface area (Å²) in [4.78, 5) is 0. The van der Waals surface area contributed by atoms with Crippen LogP contribution in [0.3, 0.4) is 0 Å². The lowest BCUT2D eigenvalue weighted by atomic mass is 9.78. The molecule has 0 spiro atoms. The summed E-state index contributed by atoms with van der Waals surface area (Å²) in [6.45, 7) is 2.15. The van der Waals surface area contributed by atoms with Crippen molar-refractivity contribution in [3.05, 3.63) is 71.0 Å². The van der Waals surface area contributed by atoms with E-state index in [0.29, 0.717) is 6.42 Å². The highest BCUT2D eigenvalue weighted by Crippen LogP contribution is 2.36. The monoisotopic (exact) mass is 375 g/mol. The van der Waals surface area contributed by atoms with E-state index in [1.54, 1.807) is 6.07 Å². The molecule has 3 heteroatoms. The Labute approximate surface area is 164 Å². The molecule has 0 amide bonds. The Morgan fingerprint density at radius 1 is 1.04 bits per heavy atom. The zero-order chi connectivity index (χ0) is 19.7. The highest BCUT2D eigenvalue weighted by atomic mass is 19.1. The second-order valence-corrected chi connectivity index (χ2v) is 7.77. The highest BCUT2D eigenvalue weighted by molar-refractivity contribution is 5.91. The average molecular weight is 375 g/mol. The predicted octanol–water partition coefficient (Wildman–Crippen LogP) is 6.76. The van der Waals surface area contributed by atoms with Crippen molar-refractivity contribution in [3.8, 4) is 17.2 Å². The summed E-state index contributed by atoms with van der Waals surface area (Å²) in [7, 11) is 0. The summed E-state index contributed by atoms with van der Waals surface area (Å²) in [5, 5.41) is 11.0. The van der Waals surface area contributed by atoms with Gasteiger partial charge in [0.1, 0.15) is 18.1 Å². The molecule has 0 unspecified atom stereocenters. The molecule has 0 bridgehead atoms. The number of benzene rings is 3. The molecule has 3 aromatic rings. The number of hydrogen-bond donors (Lipinski definition) is 0. The summed E-state index contributed by atoms with van der Waals surface area (Å²) in [6, 6.07) is 16.7. The standard InChI is InChI=1S/C25H23F2N/c1-2-3-4-20-12-19-7-6-18-11-16(9-10-22(18)23(19)14-25(20)27)17-5-8-21(15-28)24(26)13-17/h5-11,13,20,25H,2-4,12,14H2,1H3/t20-,25-/m1/s1. The second-order valence-electron chi connectivity index (χ2n) is 7.77. The number of unbranched alkanes of at least 4 members (excludes halogenated alkanes) is 1. The van der Waals surface area contributed by atoms with Crippen LogP contribution in [0.4, 0.5) is 8.78 Å². The van der Waals surface area contributed by atoms with Crippen LogP contribution in [0.2, 0.25) is 0 Å². The minimum absolute atomic E-state index is 0.0465. The summed E-state index contributed by atoms with van der Waals surface area (Å²) >= 11 is 0. The Bertz CT molecular complexity index is 1060. The van der Waals surface area contributed by atoms with Crippen LogP contribution in [0.25, 0.3) is 21.9 Å². The summed E-state index contributed by atoms with van der Waals surface area (Å²) < 4.78 is 28.7. The van der Waals surface area contributed by atoms with E-state index in [4.69, 9.17) is 5.26 Å². The molecule has 0 N–H and O–H groups in total. The molecular formula is C25H23F2N. The number of fused-ring (bicyclic) bond motifs is 3. The van der Waals surface area contributed by atoms with E-state index < -0.39 is 12.0 Å². The van der Waals surface area contributed by atoms with Gasteiger partial charge in [0.05, 0.1) is 5.56 Å².